The highest BCUT2D eigenvalue weighted by Gasteiger charge is 2.27. The Bertz CT molecular complexity index is 739. The van der Waals surface area contributed by atoms with Crippen molar-refractivity contribution in [2.24, 2.45) is 17.2 Å². The fourth-order valence-corrected chi connectivity index (χ4v) is 2.45. The molecule has 14 heteroatoms. The third-order valence-corrected chi connectivity index (χ3v) is 4.00. The molecule has 0 aliphatic heterocycles. The molecule has 1 aromatic heterocycles. The van der Waals surface area contributed by atoms with Gasteiger partial charge in [-0.15, -0.1) is 10.2 Å². The number of nitrogens with one attached hydrogen (secondary N) is 2. The molecule has 3 amide bonds. The van der Waals surface area contributed by atoms with Gasteiger partial charge in [-0.3, -0.25) is 9.59 Å². The second kappa shape index (κ2) is 12.3. The molecule has 3 atom stereocenters. The molecule has 0 bridgehead atoms. The Labute approximate surface area is 171 Å². The summed E-state index contributed by atoms with van der Waals surface area (Å²) in [6, 6.07) is -4.13. The summed E-state index contributed by atoms with van der Waals surface area (Å²) in [7, 11) is 0. The van der Waals surface area contributed by atoms with Crippen LogP contribution < -0.4 is 27.8 Å². The Kier molecular flexibility index (Phi) is 10.2. The first-order valence-corrected chi connectivity index (χ1v) is 9.22. The molecule has 1 heterocycles. The van der Waals surface area contributed by atoms with E-state index in [0.29, 0.717) is 13.0 Å². The number of carbonyl (C=O) groups is 4. The van der Waals surface area contributed by atoms with E-state index in [2.05, 4.69) is 20.8 Å². The minimum Gasteiger partial charge on any atom is -0.481 e. The minimum absolute atomic E-state index is 0.101. The van der Waals surface area contributed by atoms with E-state index in [1.54, 1.807) is 0 Å². The highest BCUT2D eigenvalue weighted by Crippen LogP contribution is 2.20. The Morgan fingerprint density at radius 1 is 1.03 bits per heavy atom. The maximum absolute atomic E-state index is 12.2. The first-order chi connectivity index (χ1) is 14.1. The first kappa shape index (κ1) is 24.8. The van der Waals surface area contributed by atoms with Gasteiger partial charge in [0.2, 0.25) is 17.7 Å². The van der Waals surface area contributed by atoms with Crippen LogP contribution in [0.3, 0.4) is 0 Å². The highest BCUT2D eigenvalue weighted by molar-refractivity contribution is 5.83. The summed E-state index contributed by atoms with van der Waals surface area (Å²) in [5.41, 5.74) is 16.6. The standard InChI is InChI=1S/C16H27N7O7/c17-6-2-1-3-8(18)13-22-23-14(30-13)10(7-11(19)24)21-16(29)20-9(15(27)28)4-5-12(25)26/h8-10H,1-7,17-18H2,(H2,19,24)(H,25,26)(H,27,28)(H2,20,21,29). The number of carboxylic acid groups (broad SMARTS) is 2. The Morgan fingerprint density at radius 3 is 2.27 bits per heavy atom. The van der Waals surface area contributed by atoms with Gasteiger partial charge in [-0.2, -0.15) is 0 Å². The van der Waals surface area contributed by atoms with Crippen LogP contribution in [0.5, 0.6) is 0 Å². The lowest BCUT2D eigenvalue weighted by atomic mass is 10.1. The molecule has 0 aliphatic rings. The van der Waals surface area contributed by atoms with Crippen molar-refractivity contribution >= 4 is 23.9 Å². The maximum Gasteiger partial charge on any atom is 0.326 e. The lowest BCUT2D eigenvalue weighted by molar-refractivity contribution is -0.140. The topological polar surface area (TPSA) is 250 Å². The molecule has 10 N–H and O–H groups in total. The number of hydrogen-bond acceptors (Lipinski definition) is 9. The predicted octanol–water partition coefficient (Wildman–Crippen LogP) is -1.27. The molecule has 1 rings (SSSR count). The van der Waals surface area contributed by atoms with Crippen LogP contribution in [0.2, 0.25) is 0 Å². The van der Waals surface area contributed by atoms with Crippen LogP contribution in [-0.2, 0) is 14.4 Å². The van der Waals surface area contributed by atoms with Gasteiger partial charge < -0.3 is 42.5 Å². The molecule has 0 fully saturated rings. The van der Waals surface area contributed by atoms with Gasteiger partial charge in [0.05, 0.1) is 12.5 Å². The van der Waals surface area contributed by atoms with Crippen molar-refractivity contribution in [1.29, 1.82) is 0 Å². The number of nitrogens with two attached hydrogens (primary N) is 3. The molecular formula is C16H27N7O7. The molecule has 0 aliphatic carbocycles. The average Bonchev–Trinajstić information content (AvgIpc) is 3.14. The number of nitrogens with zero attached hydrogens (tertiary/aromatic N) is 2. The number of unbranched alkanes of at least 4 members (excludes halogenated alkanes) is 1. The maximum atomic E-state index is 12.2. The number of hydrogen-bond donors (Lipinski definition) is 7. The lowest BCUT2D eigenvalue weighted by Gasteiger charge is -2.18. The molecule has 168 valence electrons. The van der Waals surface area contributed by atoms with Crippen LogP contribution in [0, 0.1) is 0 Å². The van der Waals surface area contributed by atoms with E-state index in [1.807, 2.05) is 0 Å². The summed E-state index contributed by atoms with van der Waals surface area (Å²) >= 11 is 0. The molecule has 0 saturated carbocycles. The summed E-state index contributed by atoms with van der Waals surface area (Å²) in [6.07, 6.45) is 0.862. The van der Waals surface area contributed by atoms with Gasteiger partial charge >= 0.3 is 18.0 Å². The lowest BCUT2D eigenvalue weighted by Crippen LogP contribution is -2.47. The van der Waals surface area contributed by atoms with Crippen molar-refractivity contribution in [3.05, 3.63) is 11.8 Å². The van der Waals surface area contributed by atoms with Gasteiger partial charge in [0.15, 0.2) is 0 Å². The Hall–Kier alpha value is -3.26. The molecule has 0 radical (unpaired) electrons. The number of amides is 3. The van der Waals surface area contributed by atoms with Crippen LogP contribution in [0.25, 0.3) is 0 Å². The monoisotopic (exact) mass is 429 g/mol. The van der Waals surface area contributed by atoms with Crippen molar-refractivity contribution in [3.63, 3.8) is 0 Å². The molecular weight excluding hydrogens is 402 g/mol. The summed E-state index contributed by atoms with van der Waals surface area (Å²) in [6.45, 7) is 0.519. The van der Waals surface area contributed by atoms with Crippen molar-refractivity contribution in [2.75, 3.05) is 6.54 Å². The van der Waals surface area contributed by atoms with Crippen LogP contribution >= 0.6 is 0 Å². The number of aliphatic carboxylic acids is 2. The van der Waals surface area contributed by atoms with E-state index < -0.39 is 54.8 Å². The number of primary amides is 1. The van der Waals surface area contributed by atoms with Crippen LogP contribution in [0.1, 0.15) is 62.4 Å². The van der Waals surface area contributed by atoms with Gasteiger partial charge in [-0.25, -0.2) is 9.59 Å². The van der Waals surface area contributed by atoms with Gasteiger partial charge in [0.25, 0.3) is 0 Å². The third kappa shape index (κ3) is 8.83. The quantitative estimate of drug-likeness (QED) is 0.172. The van der Waals surface area contributed by atoms with E-state index in [4.69, 9.17) is 31.8 Å². The van der Waals surface area contributed by atoms with Gasteiger partial charge in [0, 0.05) is 6.42 Å². The van der Waals surface area contributed by atoms with Crippen molar-refractivity contribution in [1.82, 2.24) is 20.8 Å². The molecule has 3 unspecified atom stereocenters. The largest absolute Gasteiger partial charge is 0.481 e. The van der Waals surface area contributed by atoms with Gasteiger partial charge in [-0.1, -0.05) is 6.42 Å². The zero-order valence-corrected chi connectivity index (χ0v) is 16.2. The molecule has 0 spiro atoms. The van der Waals surface area contributed by atoms with Crippen LogP contribution in [0.4, 0.5) is 4.79 Å². The summed E-state index contributed by atoms with van der Waals surface area (Å²) in [4.78, 5) is 45.3. The van der Waals surface area contributed by atoms with Crippen molar-refractivity contribution < 1.29 is 33.8 Å². The Balaban J connectivity index is 2.82. The van der Waals surface area contributed by atoms with E-state index >= 15 is 0 Å². The molecule has 14 nitrogen and oxygen atoms in total. The molecule has 0 aromatic carbocycles. The zero-order valence-electron chi connectivity index (χ0n) is 16.2. The smallest absolute Gasteiger partial charge is 0.326 e. The fourth-order valence-electron chi connectivity index (χ4n) is 2.45. The Morgan fingerprint density at radius 2 is 1.70 bits per heavy atom. The van der Waals surface area contributed by atoms with Crippen molar-refractivity contribution in [3.8, 4) is 0 Å². The van der Waals surface area contributed by atoms with E-state index in [0.717, 1.165) is 12.8 Å². The highest BCUT2D eigenvalue weighted by atomic mass is 16.4. The van der Waals surface area contributed by atoms with Crippen LogP contribution in [-0.4, -0.2) is 56.9 Å². The number of carboxylic acids is 2. The van der Waals surface area contributed by atoms with Crippen LogP contribution in [0.15, 0.2) is 4.42 Å². The van der Waals surface area contributed by atoms with Crippen molar-refractivity contribution in [2.45, 2.75) is 56.7 Å². The zero-order chi connectivity index (χ0) is 22.7. The predicted molar refractivity (Wildman–Crippen MR) is 101 cm³/mol. The number of urea groups is 1. The number of carbonyl (C=O) groups excluding carboxylic acids is 2. The van der Waals surface area contributed by atoms with E-state index in [-0.39, 0.29) is 18.2 Å². The van der Waals surface area contributed by atoms with Gasteiger partial charge in [0.1, 0.15) is 12.1 Å². The summed E-state index contributed by atoms with van der Waals surface area (Å²) < 4.78 is 5.45. The third-order valence-electron chi connectivity index (χ3n) is 4.00. The molecule has 1 aromatic rings. The minimum atomic E-state index is -1.45. The number of rotatable bonds is 14. The molecule has 0 saturated heterocycles. The number of aromatic nitrogens is 2. The fraction of sp³-hybridized carbons (Fsp3) is 0.625. The van der Waals surface area contributed by atoms with E-state index in [1.165, 1.54) is 0 Å². The summed E-state index contributed by atoms with van der Waals surface area (Å²) in [5.74, 6) is -3.44. The normalized spacial score (nSPS) is 13.8. The molecule has 30 heavy (non-hydrogen) atoms. The average molecular weight is 429 g/mol. The summed E-state index contributed by atoms with van der Waals surface area (Å²) in [5, 5.41) is 29.8. The van der Waals surface area contributed by atoms with Gasteiger partial charge in [-0.05, 0) is 25.8 Å². The SMILES string of the molecule is NCCCCC(N)c1nnc(C(CC(N)=O)NC(=O)NC(CCC(=O)O)C(=O)O)o1. The second-order valence-corrected chi connectivity index (χ2v) is 6.53. The second-order valence-electron chi connectivity index (χ2n) is 6.53. The van der Waals surface area contributed by atoms with E-state index in [9.17, 15) is 19.2 Å². The first-order valence-electron chi connectivity index (χ1n) is 9.22.